The number of nitrogens with one attached hydrogen (secondary N) is 2. The van der Waals surface area contributed by atoms with Gasteiger partial charge >= 0.3 is 0 Å². The molecule has 5 aliphatic rings. The molecule has 0 unspecified atom stereocenters. The monoisotopic (exact) mass is 535 g/mol. The van der Waals surface area contributed by atoms with Gasteiger partial charge in [-0.2, -0.15) is 0 Å². The molecule has 1 aromatic carbocycles. The molecule has 2 saturated carbocycles. The molecule has 210 valence electrons. The van der Waals surface area contributed by atoms with Gasteiger partial charge in [0.1, 0.15) is 17.4 Å². The third-order valence-electron chi connectivity index (χ3n) is 9.70. The van der Waals surface area contributed by atoms with Crippen LogP contribution in [0.3, 0.4) is 0 Å². The predicted molar refractivity (Wildman–Crippen MR) is 147 cm³/mol. The molecule has 0 radical (unpaired) electrons. The van der Waals surface area contributed by atoms with Crippen molar-refractivity contribution in [1.29, 1.82) is 0 Å². The maximum atomic E-state index is 14.3. The summed E-state index contributed by atoms with van der Waals surface area (Å²) in [5.74, 6) is -0.760. The molecule has 8 nitrogen and oxygen atoms in total. The zero-order valence-electron chi connectivity index (χ0n) is 23.1. The molecule has 3 amide bonds. The van der Waals surface area contributed by atoms with Gasteiger partial charge in [-0.05, 0) is 62.8 Å². The lowest BCUT2D eigenvalue weighted by Crippen LogP contribution is -2.59. The van der Waals surface area contributed by atoms with Crippen LogP contribution in [0.25, 0.3) is 0 Å². The number of rotatable bonds is 7. The number of likely N-dealkylation sites (tertiary alicyclic amines) is 1. The minimum absolute atomic E-state index is 0.00312. The molecule has 1 aromatic rings. The average molecular weight is 536 g/mol. The quantitative estimate of drug-likeness (QED) is 0.510. The summed E-state index contributed by atoms with van der Waals surface area (Å²) in [6.07, 6.45) is 12.6. The van der Waals surface area contributed by atoms with E-state index in [0.717, 1.165) is 57.1 Å². The van der Waals surface area contributed by atoms with Crippen molar-refractivity contribution in [3.05, 3.63) is 36.4 Å². The molecule has 39 heavy (non-hydrogen) atoms. The summed E-state index contributed by atoms with van der Waals surface area (Å²) >= 11 is 0. The minimum Gasteiger partial charge on any atom is -0.494 e. The van der Waals surface area contributed by atoms with Crippen LogP contribution in [0.15, 0.2) is 36.4 Å². The van der Waals surface area contributed by atoms with E-state index in [0.29, 0.717) is 18.2 Å². The van der Waals surface area contributed by atoms with E-state index in [9.17, 15) is 14.4 Å². The number of carbonyl (C=O) groups excluding carboxylic acids is 3. The summed E-state index contributed by atoms with van der Waals surface area (Å²) in [6.45, 7) is 4.69. The highest BCUT2D eigenvalue weighted by molar-refractivity contribution is 6.03. The van der Waals surface area contributed by atoms with Crippen LogP contribution in [0, 0.1) is 17.8 Å². The van der Waals surface area contributed by atoms with Crippen molar-refractivity contribution >= 4 is 23.4 Å². The van der Waals surface area contributed by atoms with Gasteiger partial charge in [0.2, 0.25) is 17.7 Å². The Morgan fingerprint density at radius 1 is 1.03 bits per heavy atom. The van der Waals surface area contributed by atoms with E-state index in [1.54, 1.807) is 12.1 Å². The molecule has 2 N–H and O–H groups in total. The standard InChI is InChI=1S/C31H41N3O5/c1-3-38-22-15-13-20(14-16-22)32-28(35)25-24-17-18-31(39-24)26(25)30(37)34(21-10-5-4-6-11-21)27(31)29(36)33-23-12-8-7-9-19(23)2/h13-19,21,23-27H,3-12H2,1-2H3,(H,32,35)(H,33,36)/t19-,23-,24+,25-,26+,27+,31+/m1/s1. The van der Waals surface area contributed by atoms with Crippen LogP contribution >= 0.6 is 0 Å². The SMILES string of the molecule is CCOc1ccc(NC(=O)[C@@H]2[C@@H]3C=C[C@]4(O3)[C@@H]2C(=O)N(C2CCCCC2)[C@H]4C(=O)N[C@@H]2CCCC[C@H]2C)cc1. The average Bonchev–Trinajstić information content (AvgIpc) is 3.59. The normalized spacial score (nSPS) is 35.6. The highest BCUT2D eigenvalue weighted by Gasteiger charge is 2.73. The van der Waals surface area contributed by atoms with Crippen molar-refractivity contribution in [2.75, 3.05) is 11.9 Å². The Labute approximate surface area is 230 Å². The molecule has 3 aliphatic heterocycles. The molecule has 4 fully saturated rings. The van der Waals surface area contributed by atoms with E-state index in [-0.39, 0.29) is 29.8 Å². The topological polar surface area (TPSA) is 97.0 Å². The minimum atomic E-state index is -1.11. The molecule has 8 heteroatoms. The summed E-state index contributed by atoms with van der Waals surface area (Å²) in [7, 11) is 0. The fourth-order valence-corrected chi connectivity index (χ4v) is 7.78. The first-order chi connectivity index (χ1) is 18.9. The van der Waals surface area contributed by atoms with Crippen LogP contribution in [-0.2, 0) is 19.1 Å². The number of anilines is 1. The molecule has 2 bridgehead atoms. The Morgan fingerprint density at radius 3 is 2.46 bits per heavy atom. The second-order valence-electron chi connectivity index (χ2n) is 12.1. The zero-order chi connectivity index (χ0) is 27.1. The first-order valence-electron chi connectivity index (χ1n) is 15.0. The van der Waals surface area contributed by atoms with Crippen molar-refractivity contribution in [3.63, 3.8) is 0 Å². The number of amides is 3. The molecule has 7 atom stereocenters. The van der Waals surface area contributed by atoms with E-state index in [4.69, 9.17) is 9.47 Å². The van der Waals surface area contributed by atoms with Crippen LogP contribution in [0.5, 0.6) is 5.75 Å². The zero-order valence-corrected chi connectivity index (χ0v) is 23.1. The first-order valence-corrected chi connectivity index (χ1v) is 15.0. The molecule has 3 heterocycles. The van der Waals surface area contributed by atoms with Crippen LogP contribution in [0.2, 0.25) is 0 Å². The third-order valence-corrected chi connectivity index (χ3v) is 9.70. The van der Waals surface area contributed by atoms with Crippen molar-refractivity contribution in [2.45, 2.75) is 101 Å². The van der Waals surface area contributed by atoms with Gasteiger partial charge < -0.3 is 25.0 Å². The van der Waals surface area contributed by atoms with Gasteiger partial charge in [-0.15, -0.1) is 0 Å². The Morgan fingerprint density at radius 2 is 1.74 bits per heavy atom. The molecule has 1 spiro atoms. The lowest BCUT2D eigenvalue weighted by molar-refractivity contribution is -0.145. The molecule has 6 rings (SSSR count). The summed E-state index contributed by atoms with van der Waals surface area (Å²) in [5.41, 5.74) is -0.471. The summed E-state index contributed by atoms with van der Waals surface area (Å²) < 4.78 is 12.0. The van der Waals surface area contributed by atoms with Gasteiger partial charge in [0.15, 0.2) is 0 Å². The molecule has 2 aliphatic carbocycles. The van der Waals surface area contributed by atoms with Crippen LogP contribution in [0.4, 0.5) is 5.69 Å². The van der Waals surface area contributed by atoms with E-state index in [1.807, 2.05) is 36.1 Å². The number of carbonyl (C=O) groups is 3. The van der Waals surface area contributed by atoms with E-state index in [2.05, 4.69) is 17.6 Å². The molecule has 0 aromatic heterocycles. The highest BCUT2D eigenvalue weighted by atomic mass is 16.5. The Bertz CT molecular complexity index is 1130. The lowest BCUT2D eigenvalue weighted by Gasteiger charge is -2.40. The smallest absolute Gasteiger partial charge is 0.246 e. The lowest BCUT2D eigenvalue weighted by atomic mass is 9.74. The van der Waals surface area contributed by atoms with Gasteiger partial charge in [-0.1, -0.05) is 51.2 Å². The van der Waals surface area contributed by atoms with Gasteiger partial charge in [-0.3, -0.25) is 14.4 Å². The first kappa shape index (κ1) is 26.4. The number of ether oxygens (including phenoxy) is 2. The van der Waals surface area contributed by atoms with Crippen LogP contribution in [0.1, 0.15) is 71.6 Å². The number of nitrogens with zero attached hydrogens (tertiary/aromatic N) is 1. The van der Waals surface area contributed by atoms with Crippen LogP contribution in [-0.4, -0.2) is 59.1 Å². The largest absolute Gasteiger partial charge is 0.494 e. The van der Waals surface area contributed by atoms with Crippen molar-refractivity contribution < 1.29 is 23.9 Å². The number of fused-ring (bicyclic) bond motifs is 1. The molecular formula is C31H41N3O5. The number of hydrogen-bond donors (Lipinski definition) is 2. The fourth-order valence-electron chi connectivity index (χ4n) is 7.78. The van der Waals surface area contributed by atoms with Crippen LogP contribution < -0.4 is 15.4 Å². The maximum Gasteiger partial charge on any atom is 0.246 e. The second-order valence-corrected chi connectivity index (χ2v) is 12.1. The number of hydrogen-bond acceptors (Lipinski definition) is 5. The van der Waals surface area contributed by atoms with Gasteiger partial charge in [-0.25, -0.2) is 0 Å². The third kappa shape index (κ3) is 4.54. The van der Waals surface area contributed by atoms with E-state index in [1.165, 1.54) is 6.42 Å². The summed E-state index contributed by atoms with van der Waals surface area (Å²) in [6, 6.07) is 6.58. The van der Waals surface area contributed by atoms with Gasteiger partial charge in [0, 0.05) is 17.8 Å². The molecular weight excluding hydrogens is 494 g/mol. The fraction of sp³-hybridized carbons (Fsp3) is 0.645. The Balaban J connectivity index is 1.28. The highest BCUT2D eigenvalue weighted by Crippen LogP contribution is 2.56. The van der Waals surface area contributed by atoms with Crippen molar-refractivity contribution in [3.8, 4) is 5.75 Å². The molecule has 2 saturated heterocycles. The number of benzene rings is 1. The van der Waals surface area contributed by atoms with Crippen molar-refractivity contribution in [2.24, 2.45) is 17.8 Å². The Kier molecular flexibility index (Phi) is 7.16. The van der Waals surface area contributed by atoms with Gasteiger partial charge in [0.25, 0.3) is 0 Å². The summed E-state index contributed by atoms with van der Waals surface area (Å²) in [4.78, 5) is 43.9. The predicted octanol–water partition coefficient (Wildman–Crippen LogP) is 4.20. The van der Waals surface area contributed by atoms with Crippen molar-refractivity contribution in [1.82, 2.24) is 10.2 Å². The van der Waals surface area contributed by atoms with Gasteiger partial charge in [0.05, 0.1) is 24.5 Å². The summed E-state index contributed by atoms with van der Waals surface area (Å²) in [5, 5.41) is 6.33. The van der Waals surface area contributed by atoms with E-state index >= 15 is 0 Å². The van der Waals surface area contributed by atoms with E-state index < -0.39 is 29.6 Å². The Hall–Kier alpha value is -2.87. The second kappa shape index (κ2) is 10.6. The maximum absolute atomic E-state index is 14.3.